The number of methoxy groups -OCH3 is 1. The van der Waals surface area contributed by atoms with Crippen molar-refractivity contribution in [3.8, 4) is 5.75 Å². The minimum Gasteiger partial charge on any atom is -0.497 e. The number of hydrogen-bond donors (Lipinski definition) is 1. The average Bonchev–Trinajstić information content (AvgIpc) is 2.66. The Morgan fingerprint density at radius 1 is 1.32 bits per heavy atom. The van der Waals surface area contributed by atoms with Crippen LogP contribution in [0.4, 0.5) is 5.82 Å². The van der Waals surface area contributed by atoms with Crippen LogP contribution in [0.15, 0.2) is 36.7 Å². The molecule has 1 amide bonds. The van der Waals surface area contributed by atoms with Gasteiger partial charge in [-0.1, -0.05) is 19.1 Å². The molecule has 25 heavy (non-hydrogen) atoms. The van der Waals surface area contributed by atoms with E-state index in [1.807, 2.05) is 29.2 Å². The first kappa shape index (κ1) is 17.2. The van der Waals surface area contributed by atoms with E-state index in [1.165, 1.54) is 12.7 Å². The van der Waals surface area contributed by atoms with Gasteiger partial charge in [0, 0.05) is 25.7 Å². The number of nitrogens with zero attached hydrogens (tertiary/aromatic N) is 3. The Hall–Kier alpha value is -2.63. The van der Waals surface area contributed by atoms with E-state index in [9.17, 15) is 4.79 Å². The largest absolute Gasteiger partial charge is 0.497 e. The van der Waals surface area contributed by atoms with Crippen LogP contribution in [-0.4, -0.2) is 41.0 Å². The predicted octanol–water partition coefficient (Wildman–Crippen LogP) is 2.97. The van der Waals surface area contributed by atoms with Crippen molar-refractivity contribution in [1.29, 1.82) is 0 Å². The smallest absolute Gasteiger partial charge is 0.272 e. The molecule has 1 saturated heterocycles. The Balaban J connectivity index is 1.63. The van der Waals surface area contributed by atoms with Crippen LogP contribution in [-0.2, 0) is 6.54 Å². The van der Waals surface area contributed by atoms with E-state index < -0.39 is 0 Å². The third kappa shape index (κ3) is 4.47. The molecule has 0 radical (unpaired) electrons. The fourth-order valence-electron chi connectivity index (χ4n) is 3.04. The zero-order valence-corrected chi connectivity index (χ0v) is 14.7. The van der Waals surface area contributed by atoms with Crippen LogP contribution in [0.2, 0.25) is 0 Å². The molecule has 1 N–H and O–H groups in total. The molecule has 0 bridgehead atoms. The van der Waals surface area contributed by atoms with Gasteiger partial charge in [0.15, 0.2) is 0 Å². The van der Waals surface area contributed by atoms with Crippen molar-refractivity contribution in [3.05, 3.63) is 47.9 Å². The number of carbonyl (C=O) groups excluding carboxylic acids is 1. The lowest BCUT2D eigenvalue weighted by Gasteiger charge is -2.30. The van der Waals surface area contributed by atoms with Gasteiger partial charge in [0.25, 0.3) is 5.91 Å². The van der Waals surface area contributed by atoms with Crippen molar-refractivity contribution >= 4 is 11.7 Å². The minimum atomic E-state index is -0.0125. The predicted molar refractivity (Wildman–Crippen MR) is 96.7 cm³/mol. The Kier molecular flexibility index (Phi) is 5.48. The Morgan fingerprint density at radius 2 is 2.12 bits per heavy atom. The highest BCUT2D eigenvalue weighted by Crippen LogP contribution is 2.18. The van der Waals surface area contributed by atoms with Crippen molar-refractivity contribution in [2.24, 2.45) is 5.92 Å². The molecule has 1 aliphatic rings. The van der Waals surface area contributed by atoms with Crippen LogP contribution in [0.1, 0.15) is 35.8 Å². The molecule has 0 spiro atoms. The fraction of sp³-hybridized carbons (Fsp3) is 0.421. The second-order valence-corrected chi connectivity index (χ2v) is 6.49. The molecule has 1 aromatic carbocycles. The first-order valence-electron chi connectivity index (χ1n) is 8.64. The molecular weight excluding hydrogens is 316 g/mol. The highest BCUT2D eigenvalue weighted by atomic mass is 16.5. The molecule has 3 rings (SSSR count). The average molecular weight is 340 g/mol. The molecule has 1 unspecified atom stereocenters. The second-order valence-electron chi connectivity index (χ2n) is 6.49. The van der Waals surface area contributed by atoms with Crippen LogP contribution in [0.3, 0.4) is 0 Å². The van der Waals surface area contributed by atoms with Gasteiger partial charge in [-0.25, -0.2) is 9.97 Å². The standard InChI is InChI=1S/C19H24N4O2/c1-14-4-3-9-23(12-14)19(24)17-10-18(22-13-21-17)20-11-15-5-7-16(25-2)8-6-15/h5-8,10,13-14H,3-4,9,11-12H2,1-2H3,(H,20,21,22). The molecule has 2 aromatic rings. The summed E-state index contributed by atoms with van der Waals surface area (Å²) in [5.74, 6) is 2.02. The lowest BCUT2D eigenvalue weighted by atomic mass is 10.00. The van der Waals surface area contributed by atoms with Crippen LogP contribution >= 0.6 is 0 Å². The number of rotatable bonds is 5. The summed E-state index contributed by atoms with van der Waals surface area (Å²) in [6, 6.07) is 9.56. The fourth-order valence-corrected chi connectivity index (χ4v) is 3.04. The summed E-state index contributed by atoms with van der Waals surface area (Å²) in [5, 5.41) is 3.24. The zero-order valence-electron chi connectivity index (χ0n) is 14.7. The number of anilines is 1. The van der Waals surface area contributed by atoms with Crippen LogP contribution in [0, 0.1) is 5.92 Å². The number of nitrogens with one attached hydrogen (secondary N) is 1. The number of amides is 1. The lowest BCUT2D eigenvalue weighted by Crippen LogP contribution is -2.39. The first-order valence-corrected chi connectivity index (χ1v) is 8.64. The van der Waals surface area contributed by atoms with Crippen molar-refractivity contribution in [2.75, 3.05) is 25.5 Å². The third-order valence-corrected chi connectivity index (χ3v) is 4.46. The minimum absolute atomic E-state index is 0.0125. The molecule has 2 heterocycles. The van der Waals surface area contributed by atoms with Gasteiger partial charge in [0.1, 0.15) is 23.6 Å². The van der Waals surface area contributed by atoms with Gasteiger partial charge in [0.05, 0.1) is 7.11 Å². The van der Waals surface area contributed by atoms with Crippen molar-refractivity contribution < 1.29 is 9.53 Å². The van der Waals surface area contributed by atoms with Crippen LogP contribution in [0.25, 0.3) is 0 Å². The normalized spacial score (nSPS) is 17.2. The van der Waals surface area contributed by atoms with Gasteiger partial charge in [-0.05, 0) is 36.5 Å². The SMILES string of the molecule is COc1ccc(CNc2cc(C(=O)N3CCCC(C)C3)ncn2)cc1. The monoisotopic (exact) mass is 340 g/mol. The Bertz CT molecular complexity index is 718. The van der Waals surface area contributed by atoms with E-state index in [0.29, 0.717) is 24.0 Å². The summed E-state index contributed by atoms with van der Waals surface area (Å²) in [5.41, 5.74) is 1.55. The maximum atomic E-state index is 12.6. The van der Waals surface area contributed by atoms with Gasteiger partial charge < -0.3 is 15.0 Å². The maximum absolute atomic E-state index is 12.6. The molecule has 1 atom stereocenters. The molecule has 1 aliphatic heterocycles. The van der Waals surface area contributed by atoms with E-state index in [4.69, 9.17) is 4.74 Å². The van der Waals surface area contributed by atoms with Gasteiger partial charge in [-0.3, -0.25) is 4.79 Å². The van der Waals surface area contributed by atoms with Crippen molar-refractivity contribution in [2.45, 2.75) is 26.3 Å². The summed E-state index contributed by atoms with van der Waals surface area (Å²) >= 11 is 0. The number of ether oxygens (including phenoxy) is 1. The number of carbonyl (C=O) groups is 1. The molecule has 0 aliphatic carbocycles. The second kappa shape index (κ2) is 7.96. The van der Waals surface area contributed by atoms with Gasteiger partial charge in [0.2, 0.25) is 0 Å². The highest BCUT2D eigenvalue weighted by molar-refractivity contribution is 5.93. The number of likely N-dealkylation sites (tertiary alicyclic amines) is 1. The highest BCUT2D eigenvalue weighted by Gasteiger charge is 2.23. The molecule has 6 nitrogen and oxygen atoms in total. The molecule has 0 saturated carbocycles. The summed E-state index contributed by atoms with van der Waals surface area (Å²) in [6.45, 7) is 4.41. The molecule has 1 fully saturated rings. The number of hydrogen-bond acceptors (Lipinski definition) is 5. The van der Waals surface area contributed by atoms with E-state index in [-0.39, 0.29) is 5.91 Å². The van der Waals surface area contributed by atoms with E-state index in [0.717, 1.165) is 30.8 Å². The molecular formula is C19H24N4O2. The first-order chi connectivity index (χ1) is 12.2. The Labute approximate surface area is 148 Å². The summed E-state index contributed by atoms with van der Waals surface area (Å²) in [4.78, 5) is 22.9. The quantitative estimate of drug-likeness (QED) is 0.906. The molecule has 1 aromatic heterocycles. The Morgan fingerprint density at radius 3 is 2.84 bits per heavy atom. The summed E-state index contributed by atoms with van der Waals surface area (Å²) in [7, 11) is 1.65. The van der Waals surface area contributed by atoms with Gasteiger partial charge in [-0.2, -0.15) is 0 Å². The van der Waals surface area contributed by atoms with Gasteiger partial charge in [-0.15, -0.1) is 0 Å². The molecule has 132 valence electrons. The van der Waals surface area contributed by atoms with E-state index in [1.54, 1.807) is 13.2 Å². The maximum Gasteiger partial charge on any atom is 0.272 e. The van der Waals surface area contributed by atoms with Gasteiger partial charge >= 0.3 is 0 Å². The lowest BCUT2D eigenvalue weighted by molar-refractivity contribution is 0.0677. The number of piperidine rings is 1. The zero-order chi connectivity index (χ0) is 17.6. The molecule has 6 heteroatoms. The topological polar surface area (TPSA) is 67.3 Å². The van der Waals surface area contributed by atoms with E-state index in [2.05, 4.69) is 22.2 Å². The number of benzene rings is 1. The van der Waals surface area contributed by atoms with Crippen molar-refractivity contribution in [1.82, 2.24) is 14.9 Å². The number of aromatic nitrogens is 2. The third-order valence-electron chi connectivity index (χ3n) is 4.46. The van der Waals surface area contributed by atoms with E-state index >= 15 is 0 Å². The summed E-state index contributed by atoms with van der Waals surface area (Å²) < 4.78 is 5.16. The van der Waals surface area contributed by atoms with Crippen LogP contribution in [0.5, 0.6) is 5.75 Å². The summed E-state index contributed by atoms with van der Waals surface area (Å²) in [6.07, 6.45) is 3.68. The van der Waals surface area contributed by atoms with Crippen LogP contribution < -0.4 is 10.1 Å². The van der Waals surface area contributed by atoms with Crippen molar-refractivity contribution in [3.63, 3.8) is 0 Å².